The quantitative estimate of drug-likeness (QED) is 0.799. The lowest BCUT2D eigenvalue weighted by molar-refractivity contribution is 0.553. The molecule has 1 unspecified atom stereocenters. The van der Waals surface area contributed by atoms with Gasteiger partial charge in [0.15, 0.2) is 0 Å². The number of thiophene rings is 1. The van der Waals surface area contributed by atoms with Gasteiger partial charge in [-0.25, -0.2) is 0 Å². The van der Waals surface area contributed by atoms with E-state index < -0.39 is 0 Å². The van der Waals surface area contributed by atoms with Gasteiger partial charge in [-0.2, -0.15) is 0 Å². The molecule has 1 aromatic heterocycles. The molecule has 4 heteroatoms. The van der Waals surface area contributed by atoms with E-state index in [1.807, 2.05) is 12.1 Å². The Balaban J connectivity index is 2.18. The first-order valence-electron chi connectivity index (χ1n) is 5.91. The van der Waals surface area contributed by atoms with Crippen LogP contribution in [0.5, 0.6) is 0 Å². The van der Waals surface area contributed by atoms with Crippen LogP contribution in [0.4, 0.5) is 0 Å². The highest BCUT2D eigenvalue weighted by atomic mass is 79.9. The molecule has 2 rings (SSSR count). The van der Waals surface area contributed by atoms with E-state index in [-0.39, 0.29) is 0 Å². The number of benzene rings is 1. The molecule has 1 aromatic carbocycles. The van der Waals surface area contributed by atoms with Gasteiger partial charge in [-0.1, -0.05) is 30.7 Å². The highest BCUT2D eigenvalue weighted by Crippen LogP contribution is 2.28. The lowest BCUT2D eigenvalue weighted by Gasteiger charge is -2.18. The summed E-state index contributed by atoms with van der Waals surface area (Å²) < 4.78 is 1.20. The Kier molecular flexibility index (Phi) is 5.25. The molecule has 0 saturated carbocycles. The summed E-state index contributed by atoms with van der Waals surface area (Å²) in [6.45, 7) is 3.09. The highest BCUT2D eigenvalue weighted by Gasteiger charge is 2.13. The summed E-state index contributed by atoms with van der Waals surface area (Å²) >= 11 is 11.3. The fourth-order valence-corrected chi connectivity index (χ4v) is 3.59. The maximum absolute atomic E-state index is 5.94. The minimum absolute atomic E-state index is 0.335. The van der Waals surface area contributed by atoms with Crippen LogP contribution in [0.25, 0.3) is 0 Å². The van der Waals surface area contributed by atoms with Crippen LogP contribution in [0.15, 0.2) is 40.2 Å². The molecule has 1 N–H and O–H groups in total. The first-order valence-corrected chi connectivity index (χ1v) is 7.96. The topological polar surface area (TPSA) is 12.0 Å². The van der Waals surface area contributed by atoms with Gasteiger partial charge in [-0.3, -0.25) is 0 Å². The molecular weight excluding hydrogens is 330 g/mol. The zero-order valence-electron chi connectivity index (χ0n) is 10.1. The van der Waals surface area contributed by atoms with E-state index in [0.29, 0.717) is 6.04 Å². The number of nitrogens with one attached hydrogen (secondary N) is 1. The van der Waals surface area contributed by atoms with Gasteiger partial charge in [0.05, 0.1) is 0 Å². The molecule has 0 aliphatic carbocycles. The van der Waals surface area contributed by atoms with Crippen molar-refractivity contribution in [3.8, 4) is 0 Å². The molecule has 96 valence electrons. The van der Waals surface area contributed by atoms with Crippen LogP contribution < -0.4 is 5.32 Å². The number of hydrogen-bond acceptors (Lipinski definition) is 2. The summed E-state index contributed by atoms with van der Waals surface area (Å²) in [5, 5.41) is 6.43. The molecule has 0 aliphatic heterocycles. The van der Waals surface area contributed by atoms with Gasteiger partial charge >= 0.3 is 0 Å². The van der Waals surface area contributed by atoms with Gasteiger partial charge in [-0.05, 0) is 51.6 Å². The Morgan fingerprint density at radius 1 is 1.28 bits per heavy atom. The van der Waals surface area contributed by atoms with Crippen LogP contribution >= 0.6 is 38.9 Å². The van der Waals surface area contributed by atoms with Crippen LogP contribution in [-0.2, 0) is 6.42 Å². The smallest absolute Gasteiger partial charge is 0.0406 e. The molecule has 0 saturated heterocycles. The Morgan fingerprint density at radius 2 is 2.00 bits per heavy atom. The predicted molar refractivity (Wildman–Crippen MR) is 83.6 cm³/mol. The van der Waals surface area contributed by atoms with E-state index >= 15 is 0 Å². The summed E-state index contributed by atoms with van der Waals surface area (Å²) in [5.74, 6) is 0. The SMILES string of the molecule is CCNC(Cc1sccc1Br)c1ccc(Cl)cc1. The normalized spacial score (nSPS) is 12.6. The van der Waals surface area contributed by atoms with Crippen molar-refractivity contribution in [3.05, 3.63) is 55.6 Å². The third-order valence-corrected chi connectivity index (χ3v) is 5.00. The first-order chi connectivity index (χ1) is 8.70. The minimum Gasteiger partial charge on any atom is -0.310 e. The van der Waals surface area contributed by atoms with E-state index in [2.05, 4.69) is 51.7 Å². The standard InChI is InChI=1S/C14H15BrClNS/c1-2-17-13(9-14-12(15)7-8-18-14)10-3-5-11(16)6-4-10/h3-8,13,17H,2,9H2,1H3. The Morgan fingerprint density at radius 3 is 2.56 bits per heavy atom. The third kappa shape index (κ3) is 3.58. The number of rotatable bonds is 5. The molecule has 0 spiro atoms. The molecule has 0 amide bonds. The maximum atomic E-state index is 5.94. The molecule has 0 aliphatic rings. The number of likely N-dealkylation sites (N-methyl/N-ethyl adjacent to an activating group) is 1. The fraction of sp³-hybridized carbons (Fsp3) is 0.286. The average molecular weight is 345 g/mol. The van der Waals surface area contributed by atoms with Gasteiger partial charge in [0, 0.05) is 26.8 Å². The lowest BCUT2D eigenvalue weighted by Crippen LogP contribution is -2.22. The Hall–Kier alpha value is -0.350. The van der Waals surface area contributed by atoms with E-state index in [1.54, 1.807) is 11.3 Å². The number of halogens is 2. The van der Waals surface area contributed by atoms with E-state index in [9.17, 15) is 0 Å². The van der Waals surface area contributed by atoms with Crippen LogP contribution in [0, 0.1) is 0 Å². The molecule has 0 fully saturated rings. The minimum atomic E-state index is 0.335. The van der Waals surface area contributed by atoms with Crippen LogP contribution in [0.1, 0.15) is 23.4 Å². The first kappa shape index (κ1) is 14.1. The second-order valence-corrected chi connectivity index (χ2v) is 6.35. The van der Waals surface area contributed by atoms with Gasteiger partial charge in [0.1, 0.15) is 0 Å². The average Bonchev–Trinajstić information content (AvgIpc) is 2.76. The second-order valence-electron chi connectivity index (χ2n) is 4.06. The second kappa shape index (κ2) is 6.71. The largest absolute Gasteiger partial charge is 0.310 e. The van der Waals surface area contributed by atoms with Gasteiger partial charge in [0.2, 0.25) is 0 Å². The molecule has 2 aromatic rings. The van der Waals surface area contributed by atoms with E-state index in [1.165, 1.54) is 14.9 Å². The van der Waals surface area contributed by atoms with Crippen LogP contribution in [0.2, 0.25) is 5.02 Å². The van der Waals surface area contributed by atoms with Crippen molar-refractivity contribution in [1.82, 2.24) is 5.32 Å². The van der Waals surface area contributed by atoms with Crippen LogP contribution in [0.3, 0.4) is 0 Å². The predicted octanol–water partition coefficient (Wildman–Crippen LogP) is 5.06. The summed E-state index contributed by atoms with van der Waals surface area (Å²) in [5.41, 5.74) is 1.28. The molecular formula is C14H15BrClNS. The lowest BCUT2D eigenvalue weighted by atomic mass is 10.0. The molecule has 0 bridgehead atoms. The zero-order chi connectivity index (χ0) is 13.0. The van der Waals surface area contributed by atoms with Crippen molar-refractivity contribution in [1.29, 1.82) is 0 Å². The highest BCUT2D eigenvalue weighted by molar-refractivity contribution is 9.10. The molecule has 1 nitrogen and oxygen atoms in total. The van der Waals surface area contributed by atoms with Gasteiger partial charge < -0.3 is 5.32 Å². The van der Waals surface area contributed by atoms with Crippen molar-refractivity contribution >= 4 is 38.9 Å². The van der Waals surface area contributed by atoms with Crippen molar-refractivity contribution < 1.29 is 0 Å². The van der Waals surface area contributed by atoms with Crippen molar-refractivity contribution in [2.75, 3.05) is 6.54 Å². The Bertz CT molecular complexity index is 495. The fourth-order valence-electron chi connectivity index (χ4n) is 1.91. The summed E-state index contributed by atoms with van der Waals surface area (Å²) in [6, 6.07) is 10.5. The van der Waals surface area contributed by atoms with Crippen molar-refractivity contribution in [3.63, 3.8) is 0 Å². The maximum Gasteiger partial charge on any atom is 0.0406 e. The van der Waals surface area contributed by atoms with Gasteiger partial charge in [-0.15, -0.1) is 11.3 Å². The monoisotopic (exact) mass is 343 g/mol. The van der Waals surface area contributed by atoms with E-state index in [4.69, 9.17) is 11.6 Å². The van der Waals surface area contributed by atoms with Crippen molar-refractivity contribution in [2.24, 2.45) is 0 Å². The van der Waals surface area contributed by atoms with Crippen molar-refractivity contribution in [2.45, 2.75) is 19.4 Å². The summed E-state index contributed by atoms with van der Waals surface area (Å²) in [4.78, 5) is 1.37. The van der Waals surface area contributed by atoms with Crippen LogP contribution in [-0.4, -0.2) is 6.54 Å². The molecule has 18 heavy (non-hydrogen) atoms. The van der Waals surface area contributed by atoms with E-state index in [0.717, 1.165) is 18.0 Å². The summed E-state index contributed by atoms with van der Waals surface area (Å²) in [6.07, 6.45) is 0.994. The third-order valence-electron chi connectivity index (χ3n) is 2.80. The zero-order valence-corrected chi connectivity index (χ0v) is 13.3. The van der Waals surface area contributed by atoms with Gasteiger partial charge in [0.25, 0.3) is 0 Å². The Labute approximate surface area is 125 Å². The molecule has 0 radical (unpaired) electrons. The molecule has 1 heterocycles. The number of hydrogen-bond donors (Lipinski definition) is 1. The summed E-state index contributed by atoms with van der Waals surface area (Å²) in [7, 11) is 0. The molecule has 1 atom stereocenters.